The van der Waals surface area contributed by atoms with Crippen LogP contribution in [0.25, 0.3) is 11.4 Å². The van der Waals surface area contributed by atoms with Gasteiger partial charge in [-0.3, -0.25) is 19.2 Å². The summed E-state index contributed by atoms with van der Waals surface area (Å²) in [5, 5.41) is 14.9. The molecule has 0 aliphatic carbocycles. The molecule has 3 aromatic rings. The molecule has 0 atom stereocenters. The summed E-state index contributed by atoms with van der Waals surface area (Å²) in [4.78, 5) is 28.5. The third-order valence-corrected chi connectivity index (χ3v) is 5.45. The van der Waals surface area contributed by atoms with Crippen molar-refractivity contribution in [2.75, 3.05) is 24.2 Å². The number of non-ortho nitro benzene ring substituents is 1. The monoisotopic (exact) mass is 445 g/mol. The lowest BCUT2D eigenvalue weighted by molar-refractivity contribution is -0.384. The molecule has 2 aromatic carbocycles. The number of carbonyl (C=O) groups excluding carboxylic acids is 1. The van der Waals surface area contributed by atoms with E-state index in [2.05, 4.69) is 10.1 Å². The second-order valence-electron chi connectivity index (χ2n) is 6.67. The second-order valence-corrected chi connectivity index (χ2v) is 8.58. The number of hydrogen-bond acceptors (Lipinski definition) is 8. The largest absolute Gasteiger partial charge is 0.337 e. The Morgan fingerprint density at radius 2 is 1.87 bits per heavy atom. The van der Waals surface area contributed by atoms with Crippen LogP contribution in [0.1, 0.15) is 5.89 Å². The number of nitrogens with zero attached hydrogens (tertiary/aromatic N) is 5. The smallest absolute Gasteiger partial charge is 0.271 e. The predicted octanol–water partition coefficient (Wildman–Crippen LogP) is 2.07. The molecule has 0 N–H and O–H groups in total. The summed E-state index contributed by atoms with van der Waals surface area (Å²) in [5.41, 5.74) is 0.481. The van der Waals surface area contributed by atoms with E-state index >= 15 is 0 Å². The van der Waals surface area contributed by atoms with Crippen LogP contribution in [0.4, 0.5) is 11.4 Å². The van der Waals surface area contributed by atoms with Gasteiger partial charge in [-0.1, -0.05) is 41.6 Å². The minimum atomic E-state index is -3.88. The van der Waals surface area contributed by atoms with Gasteiger partial charge in [0.05, 0.1) is 23.4 Å². The zero-order chi connectivity index (χ0) is 22.6. The van der Waals surface area contributed by atoms with Gasteiger partial charge >= 0.3 is 0 Å². The van der Waals surface area contributed by atoms with Crippen molar-refractivity contribution in [3.05, 3.63) is 70.6 Å². The van der Waals surface area contributed by atoms with Gasteiger partial charge in [-0.15, -0.1) is 0 Å². The highest BCUT2D eigenvalue weighted by Gasteiger charge is 2.25. The first-order chi connectivity index (χ1) is 14.6. The molecule has 0 bridgehead atoms. The first-order valence-corrected chi connectivity index (χ1v) is 10.8. The third-order valence-electron chi connectivity index (χ3n) is 4.31. The summed E-state index contributed by atoms with van der Waals surface area (Å²) in [6, 6.07) is 14.2. The SMILES string of the molecule is CN(Cc1nc(-c2ccccc2)no1)C(=O)CN(c1cccc([N+](=O)[O-])c1)S(C)(=O)=O. The molecule has 0 fully saturated rings. The minimum Gasteiger partial charge on any atom is -0.337 e. The first-order valence-electron chi connectivity index (χ1n) is 8.99. The van der Waals surface area contributed by atoms with Crippen molar-refractivity contribution in [3.8, 4) is 11.4 Å². The molecule has 0 aliphatic heterocycles. The van der Waals surface area contributed by atoms with Crippen molar-refractivity contribution in [1.82, 2.24) is 15.0 Å². The van der Waals surface area contributed by atoms with E-state index in [1.807, 2.05) is 30.3 Å². The van der Waals surface area contributed by atoms with E-state index in [4.69, 9.17) is 4.52 Å². The summed E-state index contributed by atoms with van der Waals surface area (Å²) in [5.74, 6) is -0.0156. The van der Waals surface area contributed by atoms with Crippen molar-refractivity contribution in [2.45, 2.75) is 6.54 Å². The topological polar surface area (TPSA) is 140 Å². The van der Waals surface area contributed by atoms with Gasteiger partial charge in [0.15, 0.2) is 0 Å². The maximum atomic E-state index is 12.7. The Morgan fingerprint density at radius 3 is 2.52 bits per heavy atom. The molecule has 0 aliphatic rings. The molecule has 1 aromatic heterocycles. The number of nitro groups is 1. The Hall–Kier alpha value is -3.80. The molecule has 0 saturated carbocycles. The molecule has 12 heteroatoms. The lowest BCUT2D eigenvalue weighted by Gasteiger charge is -2.24. The highest BCUT2D eigenvalue weighted by Crippen LogP contribution is 2.23. The number of likely N-dealkylation sites (N-methyl/N-ethyl adjacent to an activating group) is 1. The van der Waals surface area contributed by atoms with Gasteiger partial charge in [-0.2, -0.15) is 4.98 Å². The van der Waals surface area contributed by atoms with Gasteiger partial charge in [0, 0.05) is 24.7 Å². The number of aromatic nitrogens is 2. The zero-order valence-electron chi connectivity index (χ0n) is 16.7. The lowest BCUT2D eigenvalue weighted by Crippen LogP contribution is -2.41. The van der Waals surface area contributed by atoms with Crippen LogP contribution in [-0.2, 0) is 21.4 Å². The summed E-state index contributed by atoms with van der Waals surface area (Å²) in [7, 11) is -2.42. The third kappa shape index (κ3) is 5.42. The Kier molecular flexibility index (Phi) is 6.30. The summed E-state index contributed by atoms with van der Waals surface area (Å²) in [6.07, 6.45) is 0.920. The van der Waals surface area contributed by atoms with E-state index in [9.17, 15) is 23.3 Å². The van der Waals surface area contributed by atoms with Crippen molar-refractivity contribution in [1.29, 1.82) is 0 Å². The van der Waals surface area contributed by atoms with Crippen LogP contribution >= 0.6 is 0 Å². The van der Waals surface area contributed by atoms with Gasteiger partial charge < -0.3 is 9.42 Å². The number of benzene rings is 2. The van der Waals surface area contributed by atoms with Crippen LogP contribution < -0.4 is 4.31 Å². The average Bonchev–Trinajstić information content (AvgIpc) is 3.20. The van der Waals surface area contributed by atoms with Crippen molar-refractivity contribution >= 4 is 27.3 Å². The molecule has 0 unspecified atom stereocenters. The number of sulfonamides is 1. The fraction of sp³-hybridized carbons (Fsp3) is 0.211. The molecule has 31 heavy (non-hydrogen) atoms. The van der Waals surface area contributed by atoms with Gasteiger partial charge in [0.2, 0.25) is 27.6 Å². The molecule has 1 amide bonds. The molecule has 0 spiro atoms. The van der Waals surface area contributed by atoms with E-state index in [1.54, 1.807) is 0 Å². The number of anilines is 1. The van der Waals surface area contributed by atoms with Crippen LogP contribution in [0, 0.1) is 10.1 Å². The number of rotatable bonds is 8. The Labute approximate surface area is 178 Å². The maximum Gasteiger partial charge on any atom is 0.271 e. The molecule has 0 saturated heterocycles. The zero-order valence-corrected chi connectivity index (χ0v) is 17.5. The quantitative estimate of drug-likeness (QED) is 0.379. The predicted molar refractivity (Wildman–Crippen MR) is 111 cm³/mol. The van der Waals surface area contributed by atoms with E-state index < -0.39 is 27.4 Å². The summed E-state index contributed by atoms with van der Waals surface area (Å²) >= 11 is 0. The highest BCUT2D eigenvalue weighted by molar-refractivity contribution is 7.92. The van der Waals surface area contributed by atoms with Gasteiger partial charge in [0.25, 0.3) is 5.69 Å². The fourth-order valence-corrected chi connectivity index (χ4v) is 3.56. The summed E-state index contributed by atoms with van der Waals surface area (Å²) in [6.45, 7) is -0.582. The lowest BCUT2D eigenvalue weighted by atomic mass is 10.2. The van der Waals surface area contributed by atoms with E-state index in [0.29, 0.717) is 5.82 Å². The Bertz CT molecular complexity index is 1200. The average molecular weight is 445 g/mol. The van der Waals surface area contributed by atoms with Gasteiger partial charge in [0.1, 0.15) is 6.54 Å². The number of amides is 1. The molecule has 0 radical (unpaired) electrons. The van der Waals surface area contributed by atoms with E-state index in [0.717, 1.165) is 22.2 Å². The Balaban J connectivity index is 1.74. The second kappa shape index (κ2) is 8.92. The standard InChI is InChI=1S/C19H19N5O6S/c1-22(12-17-20-19(21-30-17)14-7-4-3-5-8-14)18(25)13-23(31(2,28)29)15-9-6-10-16(11-15)24(26)27/h3-11H,12-13H2,1-2H3. The highest BCUT2D eigenvalue weighted by atomic mass is 32.2. The van der Waals surface area contributed by atoms with E-state index in [-0.39, 0.29) is 23.8 Å². The van der Waals surface area contributed by atoms with Crippen LogP contribution in [0.2, 0.25) is 0 Å². The number of carbonyl (C=O) groups is 1. The van der Waals surface area contributed by atoms with Crippen LogP contribution in [0.5, 0.6) is 0 Å². The van der Waals surface area contributed by atoms with Gasteiger partial charge in [-0.25, -0.2) is 8.42 Å². The number of hydrogen-bond donors (Lipinski definition) is 0. The van der Waals surface area contributed by atoms with Crippen molar-refractivity contribution in [3.63, 3.8) is 0 Å². The molecule has 11 nitrogen and oxygen atoms in total. The molecule has 3 rings (SSSR count). The molecule has 1 heterocycles. The normalized spacial score (nSPS) is 11.2. The van der Waals surface area contributed by atoms with Crippen molar-refractivity contribution < 1.29 is 22.7 Å². The first kappa shape index (κ1) is 21.9. The van der Waals surface area contributed by atoms with Crippen molar-refractivity contribution in [2.24, 2.45) is 0 Å². The van der Waals surface area contributed by atoms with Gasteiger partial charge in [-0.05, 0) is 6.07 Å². The molecular weight excluding hydrogens is 426 g/mol. The minimum absolute atomic E-state index is 0.0163. The van der Waals surface area contributed by atoms with Crippen LogP contribution in [0.3, 0.4) is 0 Å². The molecule has 162 valence electrons. The van der Waals surface area contributed by atoms with E-state index in [1.165, 1.54) is 30.1 Å². The molecular formula is C19H19N5O6S. The fourth-order valence-electron chi connectivity index (χ4n) is 2.72. The maximum absolute atomic E-state index is 12.7. The Morgan fingerprint density at radius 1 is 1.16 bits per heavy atom. The van der Waals surface area contributed by atoms with Crippen LogP contribution in [0.15, 0.2) is 59.1 Å². The number of nitro benzene ring substituents is 1. The van der Waals surface area contributed by atoms with Crippen LogP contribution in [-0.4, -0.2) is 54.1 Å². The summed E-state index contributed by atoms with van der Waals surface area (Å²) < 4.78 is 30.5.